The summed E-state index contributed by atoms with van der Waals surface area (Å²) < 4.78 is 0. The smallest absolute Gasteiger partial charge is 0.113 e. The molecule has 0 aliphatic carbocycles. The first-order chi connectivity index (χ1) is 5.90. The van der Waals surface area contributed by atoms with Gasteiger partial charge in [-0.2, -0.15) is 27.2 Å². The zero-order chi connectivity index (χ0) is 8.39. The molecule has 0 saturated carbocycles. The van der Waals surface area contributed by atoms with E-state index in [4.69, 9.17) is 0 Å². The van der Waals surface area contributed by atoms with Gasteiger partial charge in [0.05, 0.1) is 0 Å². The fourth-order valence-electron chi connectivity index (χ4n) is 1.14. The summed E-state index contributed by atoms with van der Waals surface area (Å²) >= 11 is 1.81. The minimum absolute atomic E-state index is 0.930. The number of thioether (sulfide) groups is 1. The second-order valence-corrected chi connectivity index (χ2v) is 3.45. The van der Waals surface area contributed by atoms with Crippen LogP contribution in [0.2, 0.25) is 0 Å². The fraction of sp³-hybridized carbons (Fsp3) is 0.250. The number of nitrogens with zero attached hydrogens (tertiary/aromatic N) is 2. The minimum atomic E-state index is 0.930. The molecule has 0 aliphatic heterocycles. The normalized spacial score (nSPS) is 10.8. The fourth-order valence-corrected chi connectivity index (χ4v) is 1.66. The van der Waals surface area contributed by atoms with Crippen molar-refractivity contribution in [2.75, 3.05) is 6.26 Å². The number of aromatic amines is 1. The van der Waals surface area contributed by atoms with Crippen LogP contribution in [0.4, 0.5) is 0 Å². The molecule has 0 atom stereocenters. The quantitative estimate of drug-likeness (QED) is 0.764. The molecule has 3 nitrogen and oxygen atoms in total. The molecule has 2 rings (SSSR count). The molecule has 1 aromatic carbocycles. The maximum absolute atomic E-state index is 4.02. The van der Waals surface area contributed by atoms with Crippen molar-refractivity contribution in [1.82, 2.24) is 15.4 Å². The van der Waals surface area contributed by atoms with E-state index < -0.39 is 0 Å². The van der Waals surface area contributed by atoms with Gasteiger partial charge in [0.2, 0.25) is 0 Å². The first-order valence-corrected chi connectivity index (χ1v) is 5.08. The topological polar surface area (TPSA) is 41.6 Å². The highest BCUT2D eigenvalue weighted by Crippen LogP contribution is 2.14. The number of aromatic nitrogens is 3. The summed E-state index contributed by atoms with van der Waals surface area (Å²) in [6, 6.07) is 6.14. The van der Waals surface area contributed by atoms with Crippen molar-refractivity contribution in [2.24, 2.45) is 0 Å². The number of fused-ring (bicyclic) bond motifs is 1. The Kier molecular flexibility index (Phi) is 1.99. The number of H-pyrrole nitrogens is 1. The molecule has 1 heterocycles. The van der Waals surface area contributed by atoms with E-state index in [9.17, 15) is 0 Å². The van der Waals surface area contributed by atoms with Crippen LogP contribution in [0.1, 0.15) is 5.56 Å². The molecule has 0 fully saturated rings. The Morgan fingerprint density at radius 3 is 3.00 bits per heavy atom. The predicted molar refractivity (Wildman–Crippen MR) is 51.1 cm³/mol. The molecular weight excluding hydrogens is 170 g/mol. The molecule has 0 aliphatic rings. The lowest BCUT2D eigenvalue weighted by Crippen LogP contribution is -1.79. The van der Waals surface area contributed by atoms with Gasteiger partial charge < -0.3 is 0 Å². The number of benzene rings is 1. The maximum Gasteiger partial charge on any atom is 0.113 e. The molecule has 0 amide bonds. The van der Waals surface area contributed by atoms with Crippen LogP contribution in [0.3, 0.4) is 0 Å². The highest BCUT2D eigenvalue weighted by atomic mass is 32.2. The lowest BCUT2D eigenvalue weighted by Gasteiger charge is -1.95. The van der Waals surface area contributed by atoms with Crippen molar-refractivity contribution in [3.05, 3.63) is 23.8 Å². The third-order valence-corrected chi connectivity index (χ3v) is 2.31. The van der Waals surface area contributed by atoms with Gasteiger partial charge in [-0.3, -0.25) is 0 Å². The molecule has 0 radical (unpaired) electrons. The molecule has 0 bridgehead atoms. The van der Waals surface area contributed by atoms with Crippen LogP contribution in [-0.4, -0.2) is 21.7 Å². The summed E-state index contributed by atoms with van der Waals surface area (Å²) in [5.41, 5.74) is 3.17. The number of rotatable bonds is 2. The Hall–Kier alpha value is -1.03. The summed E-state index contributed by atoms with van der Waals surface area (Å²) in [6.07, 6.45) is 2.09. The number of hydrogen-bond acceptors (Lipinski definition) is 3. The van der Waals surface area contributed by atoms with Gasteiger partial charge in [-0.1, -0.05) is 6.07 Å². The van der Waals surface area contributed by atoms with Crippen LogP contribution >= 0.6 is 11.8 Å². The van der Waals surface area contributed by atoms with E-state index in [0.717, 1.165) is 16.8 Å². The first-order valence-electron chi connectivity index (χ1n) is 3.68. The average molecular weight is 179 g/mol. The van der Waals surface area contributed by atoms with E-state index in [1.165, 1.54) is 5.56 Å². The summed E-state index contributed by atoms with van der Waals surface area (Å²) in [4.78, 5) is 0. The summed E-state index contributed by atoms with van der Waals surface area (Å²) in [5.74, 6) is 1.03. The van der Waals surface area contributed by atoms with Gasteiger partial charge >= 0.3 is 0 Å². The van der Waals surface area contributed by atoms with Gasteiger partial charge in [0.25, 0.3) is 0 Å². The molecule has 0 saturated heterocycles. The predicted octanol–water partition coefficient (Wildman–Crippen LogP) is 1.82. The SMILES string of the molecule is CSCc1ccc2n[nH]nc2c1. The zero-order valence-electron chi connectivity index (χ0n) is 6.74. The Morgan fingerprint density at radius 1 is 1.33 bits per heavy atom. The molecule has 1 aromatic heterocycles. The zero-order valence-corrected chi connectivity index (χ0v) is 7.56. The number of nitrogens with one attached hydrogen (secondary N) is 1. The van der Waals surface area contributed by atoms with Gasteiger partial charge in [-0.25, -0.2) is 0 Å². The monoisotopic (exact) mass is 179 g/mol. The van der Waals surface area contributed by atoms with Gasteiger partial charge in [-0.15, -0.1) is 0 Å². The third-order valence-electron chi connectivity index (χ3n) is 1.69. The van der Waals surface area contributed by atoms with E-state index >= 15 is 0 Å². The molecule has 62 valence electrons. The van der Waals surface area contributed by atoms with Crippen LogP contribution in [0.15, 0.2) is 18.2 Å². The summed E-state index contributed by atoms with van der Waals surface area (Å²) in [5, 5.41) is 10.6. The van der Waals surface area contributed by atoms with Crippen LogP contribution in [0, 0.1) is 0 Å². The van der Waals surface area contributed by atoms with E-state index in [1.54, 1.807) is 0 Å². The second-order valence-electron chi connectivity index (χ2n) is 2.58. The van der Waals surface area contributed by atoms with Gasteiger partial charge in [0.1, 0.15) is 11.0 Å². The van der Waals surface area contributed by atoms with Crippen molar-refractivity contribution in [2.45, 2.75) is 5.75 Å². The Balaban J connectivity index is 2.46. The van der Waals surface area contributed by atoms with Crippen LogP contribution in [0.25, 0.3) is 11.0 Å². The van der Waals surface area contributed by atoms with Crippen LogP contribution in [0.5, 0.6) is 0 Å². The van der Waals surface area contributed by atoms with Gasteiger partial charge in [-0.05, 0) is 24.0 Å². The molecule has 0 unspecified atom stereocenters. The molecule has 0 spiro atoms. The maximum atomic E-state index is 4.02. The first kappa shape index (κ1) is 7.61. The van der Waals surface area contributed by atoms with Gasteiger partial charge in [0.15, 0.2) is 0 Å². The molecule has 1 N–H and O–H groups in total. The second kappa shape index (κ2) is 3.15. The van der Waals surface area contributed by atoms with Crippen LogP contribution in [-0.2, 0) is 5.75 Å². The molecular formula is C8H9N3S. The van der Waals surface area contributed by atoms with Crippen molar-refractivity contribution in [1.29, 1.82) is 0 Å². The largest absolute Gasteiger partial charge is 0.197 e. The summed E-state index contributed by atoms with van der Waals surface area (Å²) in [6.45, 7) is 0. The molecule has 12 heavy (non-hydrogen) atoms. The molecule has 2 aromatic rings. The molecule has 4 heteroatoms. The lowest BCUT2D eigenvalue weighted by atomic mass is 10.2. The standard InChI is InChI=1S/C8H9N3S/c1-12-5-6-2-3-7-8(4-6)10-11-9-7/h2-4H,5H2,1H3,(H,9,10,11). The Labute approximate surface area is 74.6 Å². The van der Waals surface area contributed by atoms with Gasteiger partial charge in [0, 0.05) is 5.75 Å². The summed E-state index contributed by atoms with van der Waals surface area (Å²) in [7, 11) is 0. The van der Waals surface area contributed by atoms with Crippen molar-refractivity contribution in [3.63, 3.8) is 0 Å². The Morgan fingerprint density at radius 2 is 2.17 bits per heavy atom. The van der Waals surface area contributed by atoms with Crippen molar-refractivity contribution in [3.8, 4) is 0 Å². The average Bonchev–Trinajstić information content (AvgIpc) is 2.51. The number of hydrogen-bond donors (Lipinski definition) is 1. The highest BCUT2D eigenvalue weighted by molar-refractivity contribution is 7.97. The Bertz CT molecular complexity index is 382. The van der Waals surface area contributed by atoms with E-state index in [-0.39, 0.29) is 0 Å². The van der Waals surface area contributed by atoms with Crippen LogP contribution < -0.4 is 0 Å². The van der Waals surface area contributed by atoms with Crippen molar-refractivity contribution >= 4 is 22.8 Å². The van der Waals surface area contributed by atoms with E-state index in [2.05, 4.69) is 33.8 Å². The van der Waals surface area contributed by atoms with E-state index in [0.29, 0.717) is 0 Å². The highest BCUT2D eigenvalue weighted by Gasteiger charge is 1.98. The van der Waals surface area contributed by atoms with E-state index in [1.807, 2.05) is 17.8 Å². The minimum Gasteiger partial charge on any atom is -0.197 e. The third kappa shape index (κ3) is 1.30. The van der Waals surface area contributed by atoms with Crippen molar-refractivity contribution < 1.29 is 0 Å². The lowest BCUT2D eigenvalue weighted by molar-refractivity contribution is 0.959.